The molecular formula is C23H20ClFN2O4S. The number of rotatable bonds is 5. The van der Waals surface area contributed by atoms with Gasteiger partial charge in [0.05, 0.1) is 9.92 Å². The van der Waals surface area contributed by atoms with Crippen molar-refractivity contribution >= 4 is 27.5 Å². The van der Waals surface area contributed by atoms with Crippen LogP contribution in [0.4, 0.5) is 4.39 Å². The Morgan fingerprint density at radius 1 is 1.09 bits per heavy atom. The summed E-state index contributed by atoms with van der Waals surface area (Å²) in [5.41, 5.74) is 1.92. The summed E-state index contributed by atoms with van der Waals surface area (Å²) in [6.07, 6.45) is 0. The third-order valence-electron chi connectivity index (χ3n) is 5.09. The van der Waals surface area contributed by atoms with E-state index in [1.807, 2.05) is 30.3 Å². The molecule has 0 bridgehead atoms. The topological polar surface area (TPSA) is 75.7 Å². The Kier molecular flexibility index (Phi) is 6.45. The number of fused-ring (bicyclic) bond motifs is 1. The summed E-state index contributed by atoms with van der Waals surface area (Å²) >= 11 is 5.77. The van der Waals surface area contributed by atoms with E-state index in [-0.39, 0.29) is 35.5 Å². The van der Waals surface area contributed by atoms with Crippen molar-refractivity contribution in [2.75, 3.05) is 13.2 Å². The van der Waals surface area contributed by atoms with Crippen LogP contribution >= 0.6 is 11.6 Å². The van der Waals surface area contributed by atoms with Crippen LogP contribution in [0.3, 0.4) is 0 Å². The summed E-state index contributed by atoms with van der Waals surface area (Å²) in [7, 11) is -3.95. The average Bonchev–Trinajstić information content (AvgIpc) is 3.02. The second-order valence-electron chi connectivity index (χ2n) is 7.25. The maximum atomic E-state index is 13.5. The highest BCUT2D eigenvalue weighted by Gasteiger charge is 2.28. The van der Waals surface area contributed by atoms with Gasteiger partial charge in [-0.25, -0.2) is 12.8 Å². The van der Waals surface area contributed by atoms with Gasteiger partial charge in [0.1, 0.15) is 18.2 Å². The molecule has 0 atom stereocenters. The minimum atomic E-state index is -3.95. The lowest BCUT2D eigenvalue weighted by molar-refractivity contribution is 0.0950. The number of sulfonamides is 1. The molecule has 0 saturated heterocycles. The lowest BCUT2D eigenvalue weighted by atomic mass is 10.1. The summed E-state index contributed by atoms with van der Waals surface area (Å²) < 4.78 is 46.6. The van der Waals surface area contributed by atoms with Crippen molar-refractivity contribution in [1.29, 1.82) is 0 Å². The molecule has 3 aromatic rings. The first-order valence-electron chi connectivity index (χ1n) is 9.87. The standard InChI is InChI=1S/C23H20ClFN2O4S/c24-20-13-19(7-8-21(20)25)32(29,30)27-10-11-31-22-9-6-17(12-18(22)15-27)23(28)26-14-16-4-2-1-3-5-16/h1-9,12-13H,10-11,14-15H2,(H,26,28). The van der Waals surface area contributed by atoms with Crippen molar-refractivity contribution in [3.63, 3.8) is 0 Å². The van der Waals surface area contributed by atoms with Gasteiger partial charge >= 0.3 is 0 Å². The number of hydrogen-bond acceptors (Lipinski definition) is 4. The van der Waals surface area contributed by atoms with E-state index in [4.69, 9.17) is 16.3 Å². The molecule has 1 amide bonds. The minimum Gasteiger partial charge on any atom is -0.492 e. The van der Waals surface area contributed by atoms with Gasteiger partial charge in [0.25, 0.3) is 5.91 Å². The third kappa shape index (κ3) is 4.77. The zero-order valence-electron chi connectivity index (χ0n) is 16.9. The van der Waals surface area contributed by atoms with Crippen molar-refractivity contribution in [2.45, 2.75) is 18.0 Å². The van der Waals surface area contributed by atoms with Gasteiger partial charge in [-0.15, -0.1) is 0 Å². The van der Waals surface area contributed by atoms with Crippen molar-refractivity contribution in [1.82, 2.24) is 9.62 Å². The Morgan fingerprint density at radius 3 is 2.62 bits per heavy atom. The molecule has 6 nitrogen and oxygen atoms in total. The van der Waals surface area contributed by atoms with Crippen LogP contribution < -0.4 is 10.1 Å². The highest BCUT2D eigenvalue weighted by molar-refractivity contribution is 7.89. The summed E-state index contributed by atoms with van der Waals surface area (Å²) in [5.74, 6) is -0.457. The van der Waals surface area contributed by atoms with Gasteiger partial charge in [-0.05, 0) is 42.0 Å². The first-order valence-corrected chi connectivity index (χ1v) is 11.7. The monoisotopic (exact) mass is 474 g/mol. The van der Waals surface area contributed by atoms with Gasteiger partial charge in [-0.1, -0.05) is 41.9 Å². The minimum absolute atomic E-state index is 0.00642. The Morgan fingerprint density at radius 2 is 1.88 bits per heavy atom. The van der Waals surface area contributed by atoms with E-state index in [1.54, 1.807) is 18.2 Å². The number of carbonyl (C=O) groups excluding carboxylic acids is 1. The van der Waals surface area contributed by atoms with Crippen molar-refractivity contribution in [2.24, 2.45) is 0 Å². The second kappa shape index (κ2) is 9.28. The number of halogens is 2. The van der Waals surface area contributed by atoms with Crippen LogP contribution in [0.5, 0.6) is 5.75 Å². The lowest BCUT2D eigenvalue weighted by Gasteiger charge is -2.20. The SMILES string of the molecule is O=C(NCc1ccccc1)c1ccc2c(c1)CN(S(=O)(=O)c1ccc(F)c(Cl)c1)CCO2. The molecule has 32 heavy (non-hydrogen) atoms. The number of amides is 1. The molecule has 0 aliphatic carbocycles. The van der Waals surface area contributed by atoms with E-state index in [2.05, 4.69) is 5.32 Å². The van der Waals surface area contributed by atoms with E-state index in [0.29, 0.717) is 23.4 Å². The molecule has 166 valence electrons. The first kappa shape index (κ1) is 22.3. The van der Waals surface area contributed by atoms with E-state index in [1.165, 1.54) is 10.4 Å². The smallest absolute Gasteiger partial charge is 0.251 e. The molecule has 0 radical (unpaired) electrons. The number of nitrogens with one attached hydrogen (secondary N) is 1. The molecule has 0 aromatic heterocycles. The highest BCUT2D eigenvalue weighted by atomic mass is 35.5. The van der Waals surface area contributed by atoms with Gasteiger partial charge in [0.2, 0.25) is 10.0 Å². The Labute approximate surface area is 190 Å². The summed E-state index contributed by atoms with van der Waals surface area (Å²) in [6.45, 7) is 0.619. The molecule has 0 spiro atoms. The van der Waals surface area contributed by atoms with E-state index in [9.17, 15) is 17.6 Å². The fourth-order valence-corrected chi connectivity index (χ4v) is 5.06. The average molecular weight is 475 g/mol. The zero-order valence-corrected chi connectivity index (χ0v) is 18.5. The van der Waals surface area contributed by atoms with Gasteiger partial charge in [-0.2, -0.15) is 4.31 Å². The fourth-order valence-electron chi connectivity index (χ4n) is 3.38. The number of nitrogens with zero attached hydrogens (tertiary/aromatic N) is 1. The fraction of sp³-hybridized carbons (Fsp3) is 0.174. The molecule has 0 fully saturated rings. The van der Waals surface area contributed by atoms with Gasteiger partial charge in [0, 0.05) is 30.8 Å². The maximum Gasteiger partial charge on any atom is 0.251 e. The Bertz CT molecular complexity index is 1250. The number of carbonyl (C=O) groups is 1. The molecule has 0 saturated carbocycles. The van der Waals surface area contributed by atoms with E-state index < -0.39 is 15.8 Å². The third-order valence-corrected chi connectivity index (χ3v) is 7.22. The predicted octanol–water partition coefficient (Wildman–Crippen LogP) is 3.99. The van der Waals surface area contributed by atoms with Gasteiger partial charge in [-0.3, -0.25) is 4.79 Å². The lowest BCUT2D eigenvalue weighted by Crippen LogP contribution is -2.32. The molecule has 9 heteroatoms. The van der Waals surface area contributed by atoms with Crippen LogP contribution in [-0.4, -0.2) is 31.8 Å². The van der Waals surface area contributed by atoms with Crippen LogP contribution in [-0.2, 0) is 23.1 Å². The molecular weight excluding hydrogens is 455 g/mol. The van der Waals surface area contributed by atoms with Gasteiger partial charge in [0.15, 0.2) is 0 Å². The molecule has 3 aromatic carbocycles. The molecule has 1 aliphatic rings. The van der Waals surface area contributed by atoms with Crippen molar-refractivity contribution in [3.05, 3.63) is 94.3 Å². The zero-order chi connectivity index (χ0) is 22.7. The van der Waals surface area contributed by atoms with Crippen LogP contribution in [0.2, 0.25) is 5.02 Å². The maximum absolute atomic E-state index is 13.5. The molecule has 1 N–H and O–H groups in total. The predicted molar refractivity (Wildman–Crippen MR) is 119 cm³/mol. The van der Waals surface area contributed by atoms with E-state index in [0.717, 1.165) is 17.7 Å². The summed E-state index contributed by atoms with van der Waals surface area (Å²) in [6, 6.07) is 17.7. The second-order valence-corrected chi connectivity index (χ2v) is 9.60. The van der Waals surface area contributed by atoms with Crippen LogP contribution in [0.1, 0.15) is 21.5 Å². The number of hydrogen-bond donors (Lipinski definition) is 1. The molecule has 0 unspecified atom stereocenters. The summed E-state index contributed by atoms with van der Waals surface area (Å²) in [4.78, 5) is 12.5. The molecule has 1 aliphatic heterocycles. The number of benzene rings is 3. The van der Waals surface area contributed by atoms with Crippen molar-refractivity contribution in [3.8, 4) is 5.75 Å². The molecule has 1 heterocycles. The normalized spacial score (nSPS) is 14.2. The van der Waals surface area contributed by atoms with Crippen LogP contribution in [0.25, 0.3) is 0 Å². The molecule has 4 rings (SSSR count). The summed E-state index contributed by atoms with van der Waals surface area (Å²) in [5, 5.41) is 2.59. The largest absolute Gasteiger partial charge is 0.492 e. The van der Waals surface area contributed by atoms with E-state index >= 15 is 0 Å². The quantitative estimate of drug-likeness (QED) is 0.606. The van der Waals surface area contributed by atoms with Crippen LogP contribution in [0, 0.1) is 5.82 Å². The van der Waals surface area contributed by atoms with Crippen molar-refractivity contribution < 1.29 is 22.3 Å². The Hall–Kier alpha value is -2.94. The van der Waals surface area contributed by atoms with Crippen LogP contribution in [0.15, 0.2) is 71.6 Å². The first-order chi connectivity index (χ1) is 15.3. The van der Waals surface area contributed by atoms with Gasteiger partial charge < -0.3 is 10.1 Å². The Balaban J connectivity index is 1.55. The highest BCUT2D eigenvalue weighted by Crippen LogP contribution is 2.29. The number of ether oxygens (including phenoxy) is 1.